The number of carbonyl (C=O) groups excluding carboxylic acids is 1. The van der Waals surface area contributed by atoms with Gasteiger partial charge < -0.3 is 18.8 Å². The van der Waals surface area contributed by atoms with Crippen molar-refractivity contribution in [3.05, 3.63) is 24.2 Å². The molecule has 0 aromatic carbocycles. The predicted octanol–water partition coefficient (Wildman–Crippen LogP) is 2.08. The number of likely N-dealkylation sites (tertiary alicyclic amines) is 1. The number of hydrogen-bond acceptors (Lipinski definition) is 4. The molecule has 1 amide bonds. The highest BCUT2D eigenvalue weighted by molar-refractivity contribution is 5.91. The molecule has 2 fully saturated rings. The summed E-state index contributed by atoms with van der Waals surface area (Å²) >= 11 is 0. The highest BCUT2D eigenvalue weighted by atomic mass is 16.6. The van der Waals surface area contributed by atoms with Crippen molar-refractivity contribution in [1.29, 1.82) is 0 Å². The smallest absolute Gasteiger partial charge is 0.289 e. The Morgan fingerprint density at radius 3 is 2.95 bits per heavy atom. The zero-order valence-electron chi connectivity index (χ0n) is 11.8. The SMILES string of the molecule is CCOC1COC2(CCN(C(=O)c3ccco3)CC2)C1. The van der Waals surface area contributed by atoms with Crippen LogP contribution >= 0.6 is 0 Å². The molecule has 110 valence electrons. The van der Waals surface area contributed by atoms with E-state index in [9.17, 15) is 4.79 Å². The number of nitrogens with zero attached hydrogens (tertiary/aromatic N) is 1. The number of piperidine rings is 1. The molecule has 1 aromatic rings. The van der Waals surface area contributed by atoms with E-state index in [1.54, 1.807) is 12.1 Å². The minimum Gasteiger partial charge on any atom is -0.459 e. The molecule has 3 heterocycles. The molecule has 0 bridgehead atoms. The van der Waals surface area contributed by atoms with Gasteiger partial charge in [-0.3, -0.25) is 4.79 Å². The lowest BCUT2D eigenvalue weighted by atomic mass is 9.88. The first-order valence-electron chi connectivity index (χ1n) is 7.31. The van der Waals surface area contributed by atoms with Crippen LogP contribution in [0.2, 0.25) is 0 Å². The van der Waals surface area contributed by atoms with Crippen molar-refractivity contribution in [2.75, 3.05) is 26.3 Å². The van der Waals surface area contributed by atoms with Gasteiger partial charge in [0.15, 0.2) is 5.76 Å². The summed E-state index contributed by atoms with van der Waals surface area (Å²) < 4.78 is 16.8. The normalized spacial score (nSPS) is 25.2. The molecule has 1 atom stereocenters. The fraction of sp³-hybridized carbons (Fsp3) is 0.667. The fourth-order valence-electron chi connectivity index (χ4n) is 3.17. The maximum atomic E-state index is 12.2. The van der Waals surface area contributed by atoms with Crippen LogP contribution in [0.15, 0.2) is 22.8 Å². The van der Waals surface area contributed by atoms with E-state index in [1.165, 1.54) is 6.26 Å². The van der Waals surface area contributed by atoms with E-state index in [2.05, 4.69) is 0 Å². The van der Waals surface area contributed by atoms with Gasteiger partial charge in [-0.25, -0.2) is 0 Å². The molecule has 3 rings (SSSR count). The Bertz CT molecular complexity index is 448. The van der Waals surface area contributed by atoms with Crippen molar-refractivity contribution in [2.45, 2.75) is 37.9 Å². The summed E-state index contributed by atoms with van der Waals surface area (Å²) in [5.74, 6) is 0.393. The Morgan fingerprint density at radius 2 is 2.30 bits per heavy atom. The summed E-state index contributed by atoms with van der Waals surface area (Å²) in [6, 6.07) is 3.45. The maximum absolute atomic E-state index is 12.2. The van der Waals surface area contributed by atoms with E-state index < -0.39 is 0 Å². The average molecular weight is 279 g/mol. The predicted molar refractivity (Wildman–Crippen MR) is 72.6 cm³/mol. The molecule has 0 saturated carbocycles. The largest absolute Gasteiger partial charge is 0.459 e. The molecule has 0 radical (unpaired) electrons. The number of rotatable bonds is 3. The highest BCUT2D eigenvalue weighted by Gasteiger charge is 2.43. The second-order valence-electron chi connectivity index (χ2n) is 5.54. The molecule has 2 aliphatic heterocycles. The summed E-state index contributed by atoms with van der Waals surface area (Å²) in [6.07, 6.45) is 4.45. The third kappa shape index (κ3) is 2.60. The topological polar surface area (TPSA) is 51.9 Å². The van der Waals surface area contributed by atoms with E-state index in [0.29, 0.717) is 12.4 Å². The minimum atomic E-state index is -0.0836. The molecular weight excluding hydrogens is 258 g/mol. The summed E-state index contributed by atoms with van der Waals surface area (Å²) in [7, 11) is 0. The quantitative estimate of drug-likeness (QED) is 0.850. The van der Waals surface area contributed by atoms with Crippen LogP contribution < -0.4 is 0 Å². The van der Waals surface area contributed by atoms with Gasteiger partial charge in [-0.15, -0.1) is 0 Å². The fourth-order valence-corrected chi connectivity index (χ4v) is 3.17. The first-order valence-corrected chi connectivity index (χ1v) is 7.31. The molecule has 1 aromatic heterocycles. The van der Waals surface area contributed by atoms with Gasteiger partial charge in [-0.2, -0.15) is 0 Å². The van der Waals surface area contributed by atoms with Crippen molar-refractivity contribution in [1.82, 2.24) is 4.90 Å². The van der Waals surface area contributed by atoms with E-state index >= 15 is 0 Å². The Morgan fingerprint density at radius 1 is 1.50 bits per heavy atom. The lowest BCUT2D eigenvalue weighted by Gasteiger charge is -2.38. The van der Waals surface area contributed by atoms with Crippen molar-refractivity contribution in [3.8, 4) is 0 Å². The van der Waals surface area contributed by atoms with Crippen LogP contribution in [0, 0.1) is 0 Å². The van der Waals surface area contributed by atoms with Crippen LogP contribution in [-0.4, -0.2) is 48.8 Å². The summed E-state index contributed by atoms with van der Waals surface area (Å²) in [4.78, 5) is 14.0. The Balaban J connectivity index is 1.56. The summed E-state index contributed by atoms with van der Waals surface area (Å²) in [5.41, 5.74) is -0.0836. The molecule has 5 heteroatoms. The third-order valence-electron chi connectivity index (χ3n) is 4.27. The zero-order chi connectivity index (χ0) is 14.0. The summed E-state index contributed by atoms with van der Waals surface area (Å²) in [5, 5.41) is 0. The van der Waals surface area contributed by atoms with E-state index in [1.807, 2.05) is 11.8 Å². The molecular formula is C15H21NO4. The number of furan rings is 1. The first-order chi connectivity index (χ1) is 9.72. The number of hydrogen-bond donors (Lipinski definition) is 0. The summed E-state index contributed by atoms with van der Waals surface area (Å²) in [6.45, 7) is 4.86. The highest BCUT2D eigenvalue weighted by Crippen LogP contribution is 2.37. The van der Waals surface area contributed by atoms with Crippen molar-refractivity contribution < 1.29 is 18.7 Å². The lowest BCUT2D eigenvalue weighted by molar-refractivity contribution is -0.0411. The second-order valence-corrected chi connectivity index (χ2v) is 5.54. The van der Waals surface area contributed by atoms with Gasteiger partial charge in [0, 0.05) is 26.1 Å². The first kappa shape index (κ1) is 13.6. The van der Waals surface area contributed by atoms with Gasteiger partial charge in [0.2, 0.25) is 0 Å². The number of ether oxygens (including phenoxy) is 2. The molecule has 0 N–H and O–H groups in total. The Hall–Kier alpha value is -1.33. The molecule has 20 heavy (non-hydrogen) atoms. The van der Waals surface area contributed by atoms with Crippen LogP contribution in [0.25, 0.3) is 0 Å². The standard InChI is InChI=1S/C15H21NO4/c1-2-18-12-10-15(20-11-12)5-7-16(8-6-15)14(17)13-4-3-9-19-13/h3-4,9,12H,2,5-8,10-11H2,1H3. The van der Waals surface area contributed by atoms with Gasteiger partial charge in [0.25, 0.3) is 5.91 Å². The van der Waals surface area contributed by atoms with E-state index in [4.69, 9.17) is 13.9 Å². The molecule has 1 unspecified atom stereocenters. The molecule has 2 aliphatic rings. The monoisotopic (exact) mass is 279 g/mol. The van der Waals surface area contributed by atoms with E-state index in [-0.39, 0.29) is 17.6 Å². The van der Waals surface area contributed by atoms with Crippen LogP contribution in [0.3, 0.4) is 0 Å². The van der Waals surface area contributed by atoms with Crippen LogP contribution in [-0.2, 0) is 9.47 Å². The Kier molecular flexibility index (Phi) is 3.81. The number of amides is 1. The van der Waals surface area contributed by atoms with Crippen LogP contribution in [0.4, 0.5) is 0 Å². The molecule has 5 nitrogen and oxygen atoms in total. The van der Waals surface area contributed by atoms with Gasteiger partial charge in [0.1, 0.15) is 0 Å². The average Bonchev–Trinajstić information content (AvgIpc) is 3.10. The zero-order valence-corrected chi connectivity index (χ0v) is 11.8. The molecule has 0 aliphatic carbocycles. The van der Waals surface area contributed by atoms with Gasteiger partial charge in [-0.05, 0) is 31.9 Å². The minimum absolute atomic E-state index is 0.0239. The van der Waals surface area contributed by atoms with Gasteiger partial charge >= 0.3 is 0 Å². The van der Waals surface area contributed by atoms with Crippen molar-refractivity contribution >= 4 is 5.91 Å². The van der Waals surface area contributed by atoms with Crippen molar-refractivity contribution in [3.63, 3.8) is 0 Å². The van der Waals surface area contributed by atoms with E-state index in [0.717, 1.165) is 39.0 Å². The van der Waals surface area contributed by atoms with Crippen LogP contribution in [0.5, 0.6) is 0 Å². The van der Waals surface area contributed by atoms with Crippen molar-refractivity contribution in [2.24, 2.45) is 0 Å². The van der Waals surface area contributed by atoms with Gasteiger partial charge in [-0.1, -0.05) is 0 Å². The van der Waals surface area contributed by atoms with Gasteiger partial charge in [0.05, 0.1) is 24.6 Å². The second kappa shape index (κ2) is 5.58. The third-order valence-corrected chi connectivity index (χ3v) is 4.27. The molecule has 1 spiro atoms. The Labute approximate surface area is 118 Å². The molecule has 2 saturated heterocycles. The van der Waals surface area contributed by atoms with Crippen LogP contribution in [0.1, 0.15) is 36.7 Å². The maximum Gasteiger partial charge on any atom is 0.289 e. The lowest BCUT2D eigenvalue weighted by Crippen LogP contribution is -2.46. The number of carbonyl (C=O) groups is 1.